The van der Waals surface area contributed by atoms with Gasteiger partial charge in [-0.15, -0.1) is 0 Å². The van der Waals surface area contributed by atoms with Gasteiger partial charge in [0.25, 0.3) is 11.8 Å². The minimum absolute atomic E-state index is 0.276. The Hall–Kier alpha value is -6.39. The molecule has 16 heteroatoms. The lowest BCUT2D eigenvalue weighted by molar-refractivity contribution is -0.144. The summed E-state index contributed by atoms with van der Waals surface area (Å²) in [5.41, 5.74) is 11.7. The summed E-state index contributed by atoms with van der Waals surface area (Å²) in [6, 6.07) is 19.1. The van der Waals surface area contributed by atoms with Crippen LogP contribution in [0.4, 0.5) is 14.0 Å². The number of carbonyl (C=O) groups is 6. The molecule has 324 valence electrons. The first kappa shape index (κ1) is 42.3. The van der Waals surface area contributed by atoms with E-state index in [-0.39, 0.29) is 12.8 Å². The molecule has 62 heavy (non-hydrogen) atoms. The zero-order valence-corrected chi connectivity index (χ0v) is 35.0. The molecule has 8 N–H and O–H groups in total. The Balaban J connectivity index is 1.39. The summed E-state index contributed by atoms with van der Waals surface area (Å²) in [7, 11) is 0. The van der Waals surface area contributed by atoms with Crippen molar-refractivity contribution in [2.75, 3.05) is 13.1 Å². The Morgan fingerprint density at radius 2 is 0.984 bits per heavy atom. The Morgan fingerprint density at radius 3 is 1.32 bits per heavy atom. The van der Waals surface area contributed by atoms with Crippen molar-refractivity contribution in [3.63, 3.8) is 0 Å². The number of carbonyl (C=O) groups excluding carboxylic acids is 4. The minimum Gasteiger partial charge on any atom is -0.465 e. The lowest BCUT2D eigenvalue weighted by Crippen LogP contribution is -2.68. The number of fused-ring (bicyclic) bond motifs is 6. The summed E-state index contributed by atoms with van der Waals surface area (Å²) in [4.78, 5) is 84.3. The van der Waals surface area contributed by atoms with Crippen LogP contribution in [0.1, 0.15) is 109 Å². The highest BCUT2D eigenvalue weighted by molar-refractivity contribution is 6.01. The number of hydrogen-bond donors (Lipinski definition) is 6. The van der Waals surface area contributed by atoms with Gasteiger partial charge in [0.15, 0.2) is 0 Å². The molecule has 4 unspecified atom stereocenters. The van der Waals surface area contributed by atoms with Gasteiger partial charge in [-0.25, -0.2) is 14.0 Å². The van der Waals surface area contributed by atoms with Crippen LogP contribution in [0.15, 0.2) is 72.8 Å². The van der Waals surface area contributed by atoms with E-state index in [2.05, 4.69) is 10.6 Å². The minimum atomic E-state index is -1.73. The molecular weight excluding hydrogens is 798 g/mol. The second kappa shape index (κ2) is 14.9. The van der Waals surface area contributed by atoms with Crippen molar-refractivity contribution in [1.29, 1.82) is 0 Å². The maximum absolute atomic E-state index is 14.9. The molecule has 0 spiro atoms. The van der Waals surface area contributed by atoms with E-state index in [1.165, 1.54) is 12.1 Å². The van der Waals surface area contributed by atoms with Gasteiger partial charge in [-0.2, -0.15) is 0 Å². The number of nitrogens with one attached hydrogen (secondary N) is 2. The SMILES string of the molecule is Cc1c(C)c(C2CCCN2[C@@]2(C(=O)NC(=O)O)c3ccc(cc3)C2(C)CC(N)=O)n(-c2ccc(F)cc2)c1C1CCCN1[C@@]1(C(=O)NC(=O)O)c2ccc(cc2)C1(C)CC(N)=O. The smallest absolute Gasteiger partial charge is 0.411 e. The quantitative estimate of drug-likeness (QED) is 0.116. The van der Waals surface area contributed by atoms with Crippen LogP contribution in [0.25, 0.3) is 5.69 Å². The fraction of sp³-hybridized carbons (Fsp3) is 0.391. The number of imide groups is 2. The van der Waals surface area contributed by atoms with Crippen molar-refractivity contribution in [2.24, 2.45) is 11.5 Å². The highest BCUT2D eigenvalue weighted by Crippen LogP contribution is 2.60. The Labute approximate surface area is 357 Å². The van der Waals surface area contributed by atoms with E-state index in [0.29, 0.717) is 66.7 Å². The van der Waals surface area contributed by atoms with Crippen LogP contribution < -0.4 is 22.1 Å². The number of amides is 6. The highest BCUT2D eigenvalue weighted by atomic mass is 19.1. The van der Waals surface area contributed by atoms with Crippen LogP contribution in [0, 0.1) is 19.7 Å². The van der Waals surface area contributed by atoms with Crippen LogP contribution >= 0.6 is 0 Å². The predicted octanol–water partition coefficient (Wildman–Crippen LogP) is 5.18. The molecular formula is C46H50FN7O8. The molecule has 2 fully saturated rings. The molecule has 10 rings (SSSR count). The molecule has 1 aromatic heterocycles. The van der Waals surface area contributed by atoms with E-state index in [1.807, 2.05) is 52.5 Å². The number of halogens is 1. The van der Waals surface area contributed by atoms with E-state index in [4.69, 9.17) is 11.5 Å². The van der Waals surface area contributed by atoms with Crippen molar-refractivity contribution in [1.82, 2.24) is 25.0 Å². The maximum Gasteiger partial charge on any atom is 0.411 e. The van der Waals surface area contributed by atoms with E-state index in [0.717, 1.165) is 22.5 Å². The number of nitrogens with zero attached hydrogens (tertiary/aromatic N) is 3. The molecule has 2 aliphatic heterocycles. The Bertz CT molecular complexity index is 2390. The average Bonchev–Trinajstić information content (AvgIpc) is 3.94. The number of rotatable bonds is 11. The first-order valence-electron chi connectivity index (χ1n) is 20.7. The number of carboxylic acid groups (broad SMARTS) is 2. The zero-order chi connectivity index (χ0) is 44.7. The molecule has 3 aromatic carbocycles. The van der Waals surface area contributed by atoms with Crippen LogP contribution in [0.3, 0.4) is 0 Å². The average molecular weight is 848 g/mol. The second-order valence-electron chi connectivity index (χ2n) is 17.6. The molecule has 2 saturated heterocycles. The third kappa shape index (κ3) is 5.82. The Morgan fingerprint density at radius 1 is 0.629 bits per heavy atom. The lowest BCUT2D eigenvalue weighted by Gasteiger charge is -2.56. The van der Waals surface area contributed by atoms with Crippen molar-refractivity contribution < 1.29 is 43.4 Å². The first-order valence-corrected chi connectivity index (χ1v) is 20.7. The fourth-order valence-corrected chi connectivity index (χ4v) is 12.2. The molecule has 3 heterocycles. The largest absolute Gasteiger partial charge is 0.465 e. The third-order valence-electron chi connectivity index (χ3n) is 14.5. The fourth-order valence-electron chi connectivity index (χ4n) is 12.2. The molecule has 15 nitrogen and oxygen atoms in total. The van der Waals surface area contributed by atoms with Gasteiger partial charge in [0.2, 0.25) is 11.8 Å². The second-order valence-corrected chi connectivity index (χ2v) is 17.6. The van der Waals surface area contributed by atoms with Crippen molar-refractivity contribution in [3.05, 3.63) is 123 Å². The summed E-state index contributed by atoms with van der Waals surface area (Å²) < 4.78 is 16.9. The number of likely N-dealkylation sites (tertiary alicyclic amines) is 2. The van der Waals surface area contributed by atoms with Gasteiger partial charge in [0.05, 0.1) is 12.1 Å². The number of hydrogen-bond acceptors (Lipinski definition) is 8. The van der Waals surface area contributed by atoms with E-state index in [9.17, 15) is 43.4 Å². The van der Waals surface area contributed by atoms with E-state index >= 15 is 0 Å². The monoisotopic (exact) mass is 847 g/mol. The van der Waals surface area contributed by atoms with Crippen LogP contribution in [-0.4, -0.2) is 73.5 Å². The van der Waals surface area contributed by atoms with Gasteiger partial charge in [-0.1, -0.05) is 62.4 Å². The van der Waals surface area contributed by atoms with Crippen LogP contribution in [-0.2, 0) is 41.1 Å². The summed E-state index contributed by atoms with van der Waals surface area (Å²) >= 11 is 0. The normalized spacial score (nSPS) is 27.6. The molecule has 4 bridgehead atoms. The number of primary amides is 2. The summed E-state index contributed by atoms with van der Waals surface area (Å²) in [6.07, 6.45) is -1.52. The van der Waals surface area contributed by atoms with Gasteiger partial charge in [0, 0.05) is 53.8 Å². The van der Waals surface area contributed by atoms with Gasteiger partial charge >= 0.3 is 12.2 Å². The van der Waals surface area contributed by atoms with E-state index < -0.39 is 75.6 Å². The van der Waals surface area contributed by atoms with Gasteiger partial charge in [0.1, 0.15) is 16.9 Å². The van der Waals surface area contributed by atoms with Gasteiger partial charge < -0.3 is 26.2 Å². The van der Waals surface area contributed by atoms with Crippen molar-refractivity contribution in [2.45, 2.75) is 100 Å². The molecule has 4 aromatic rings. The molecule has 6 atom stereocenters. The Kier molecular flexibility index (Phi) is 10.2. The predicted molar refractivity (Wildman–Crippen MR) is 223 cm³/mol. The van der Waals surface area contributed by atoms with Gasteiger partial charge in [-0.3, -0.25) is 39.6 Å². The first-order chi connectivity index (χ1) is 29.3. The molecule has 6 aliphatic rings. The van der Waals surface area contributed by atoms with Crippen LogP contribution in [0.2, 0.25) is 0 Å². The number of nitrogens with two attached hydrogens (primary N) is 2. The molecule has 4 aliphatic carbocycles. The van der Waals surface area contributed by atoms with Crippen molar-refractivity contribution in [3.8, 4) is 5.69 Å². The topological polar surface area (TPSA) is 230 Å². The van der Waals surface area contributed by atoms with Gasteiger partial charge in [-0.05, 0) is 97.2 Å². The summed E-state index contributed by atoms with van der Waals surface area (Å²) in [5, 5.41) is 24.4. The zero-order valence-electron chi connectivity index (χ0n) is 35.0. The lowest BCUT2D eigenvalue weighted by atomic mass is 9.56. The summed E-state index contributed by atoms with van der Waals surface area (Å²) in [6.45, 7) is 8.07. The maximum atomic E-state index is 14.9. The highest BCUT2D eigenvalue weighted by Gasteiger charge is 2.66. The summed E-state index contributed by atoms with van der Waals surface area (Å²) in [5.74, 6) is -3.49. The molecule has 0 radical (unpaired) electrons. The number of benzene rings is 3. The van der Waals surface area contributed by atoms with Crippen molar-refractivity contribution >= 4 is 35.8 Å². The van der Waals surface area contributed by atoms with Crippen LogP contribution in [0.5, 0.6) is 0 Å². The van der Waals surface area contributed by atoms with E-state index in [1.54, 1.807) is 50.2 Å². The standard InChI is InChI=1S/C46H50FN7O8/c1-25-26(2)38(34-8-6-22-53(34)46(40(58)51-42(61)62)30-15-11-28(12-16-30)44(46,4)24-36(49)56)54(32-19-17-31(47)18-20-32)37(25)33-7-5-21-52(33)45(39(57)50-41(59)60)29-13-9-27(10-14-29)43(45,3)23-35(48)55/h9-20,33-34H,5-8,21-24H2,1-4H3,(H2,48,55)(H2,49,56)(H,50,57)(H,51,58)(H,59,60)(H,61,62)/t33?,34?,43?,44?,45-,46-/m1/s1. The third-order valence-corrected chi connectivity index (χ3v) is 14.5. The molecule has 6 amide bonds. The number of aromatic nitrogens is 1. The molecule has 0 saturated carbocycles.